The van der Waals surface area contributed by atoms with Crippen LogP contribution in [0.25, 0.3) is 11.3 Å². The van der Waals surface area contributed by atoms with E-state index in [0.29, 0.717) is 24.1 Å². The van der Waals surface area contributed by atoms with Gasteiger partial charge in [0.25, 0.3) is 5.91 Å². The molecule has 1 fully saturated rings. The van der Waals surface area contributed by atoms with Crippen LogP contribution in [0.15, 0.2) is 30.5 Å². The summed E-state index contributed by atoms with van der Waals surface area (Å²) in [7, 11) is 1.59. The van der Waals surface area contributed by atoms with Crippen molar-refractivity contribution in [3.8, 4) is 17.0 Å². The van der Waals surface area contributed by atoms with Crippen LogP contribution in [0.2, 0.25) is 0 Å². The highest BCUT2D eigenvalue weighted by Crippen LogP contribution is 2.36. The number of H-pyrrole nitrogens is 1. The third kappa shape index (κ3) is 3.56. The number of carboxylic acids is 1. The smallest absolute Gasteiger partial charge is 0.311 e. The summed E-state index contributed by atoms with van der Waals surface area (Å²) in [6.45, 7) is 0.133. The highest BCUT2D eigenvalue weighted by molar-refractivity contribution is 6.00. The fraction of sp³-hybridized carbons (Fsp3) is 0.421. The molecule has 7 heteroatoms. The summed E-state index contributed by atoms with van der Waals surface area (Å²) in [5.74, 6) is -0.434. The molecular weight excluding hydrogens is 334 g/mol. The molecule has 1 saturated carbocycles. The molecular formula is C19H23N3O4. The lowest BCUT2D eigenvalue weighted by molar-refractivity contribution is -0.150. The van der Waals surface area contributed by atoms with Gasteiger partial charge in [-0.15, -0.1) is 0 Å². The second-order valence-corrected chi connectivity index (χ2v) is 6.72. The molecule has 0 bridgehead atoms. The van der Waals surface area contributed by atoms with Crippen LogP contribution in [0, 0.1) is 5.41 Å². The SMILES string of the molecule is COc1ccc(-c2[nH]ncc2C(=O)NCC2(C(=O)O)CCCCC2)cc1. The van der Waals surface area contributed by atoms with Crippen LogP contribution in [0.5, 0.6) is 5.75 Å². The minimum absolute atomic E-state index is 0.133. The number of carbonyl (C=O) groups excluding carboxylic acids is 1. The Hall–Kier alpha value is -2.83. The molecule has 26 heavy (non-hydrogen) atoms. The number of amides is 1. The molecule has 2 aromatic rings. The number of carboxylic acid groups (broad SMARTS) is 1. The normalized spacial score (nSPS) is 16.0. The van der Waals surface area contributed by atoms with E-state index in [-0.39, 0.29) is 12.5 Å². The number of carbonyl (C=O) groups is 2. The average molecular weight is 357 g/mol. The zero-order valence-corrected chi connectivity index (χ0v) is 14.7. The van der Waals surface area contributed by atoms with Crippen molar-refractivity contribution < 1.29 is 19.4 Å². The Kier molecular flexibility index (Phi) is 5.25. The zero-order valence-electron chi connectivity index (χ0n) is 14.7. The van der Waals surface area contributed by atoms with Gasteiger partial charge >= 0.3 is 5.97 Å². The lowest BCUT2D eigenvalue weighted by atomic mass is 9.74. The second-order valence-electron chi connectivity index (χ2n) is 6.72. The Morgan fingerprint density at radius 1 is 1.23 bits per heavy atom. The van der Waals surface area contributed by atoms with Gasteiger partial charge < -0.3 is 15.2 Å². The Labute approximate surface area is 151 Å². The van der Waals surface area contributed by atoms with Gasteiger partial charge in [0.2, 0.25) is 0 Å². The standard InChI is InChI=1S/C19H23N3O4/c1-26-14-7-5-13(6-8-14)16-15(11-21-22-16)17(23)20-12-19(18(24)25)9-3-2-4-10-19/h5-8,11H,2-4,9-10,12H2,1H3,(H,20,23)(H,21,22)(H,24,25). The summed E-state index contributed by atoms with van der Waals surface area (Å²) < 4.78 is 5.14. The largest absolute Gasteiger partial charge is 0.497 e. The maximum absolute atomic E-state index is 12.6. The van der Waals surface area contributed by atoms with Crippen LogP contribution < -0.4 is 10.1 Å². The average Bonchev–Trinajstić information content (AvgIpc) is 3.16. The number of ether oxygens (including phenoxy) is 1. The van der Waals surface area contributed by atoms with Crippen molar-refractivity contribution in [1.29, 1.82) is 0 Å². The van der Waals surface area contributed by atoms with E-state index < -0.39 is 11.4 Å². The Morgan fingerprint density at radius 3 is 2.54 bits per heavy atom. The topological polar surface area (TPSA) is 104 Å². The highest BCUT2D eigenvalue weighted by atomic mass is 16.5. The molecule has 0 unspecified atom stereocenters. The number of hydrogen-bond donors (Lipinski definition) is 3. The van der Waals surface area contributed by atoms with Crippen molar-refractivity contribution >= 4 is 11.9 Å². The first kappa shape index (κ1) is 18.0. The van der Waals surface area contributed by atoms with Crippen LogP contribution in [0.3, 0.4) is 0 Å². The second kappa shape index (κ2) is 7.59. The monoisotopic (exact) mass is 357 g/mol. The first-order valence-electron chi connectivity index (χ1n) is 8.75. The van der Waals surface area contributed by atoms with Gasteiger partial charge in [-0.2, -0.15) is 5.10 Å². The van der Waals surface area contributed by atoms with E-state index in [1.54, 1.807) is 19.2 Å². The molecule has 1 aromatic carbocycles. The number of hydrogen-bond acceptors (Lipinski definition) is 4. The maximum Gasteiger partial charge on any atom is 0.311 e. The number of benzene rings is 1. The number of aromatic nitrogens is 2. The van der Waals surface area contributed by atoms with Crippen molar-refractivity contribution in [2.24, 2.45) is 5.41 Å². The molecule has 0 radical (unpaired) electrons. The molecule has 0 spiro atoms. The summed E-state index contributed by atoms with van der Waals surface area (Å²) in [6, 6.07) is 7.28. The van der Waals surface area contributed by atoms with Crippen LogP contribution in [-0.2, 0) is 4.79 Å². The lowest BCUT2D eigenvalue weighted by Gasteiger charge is -2.33. The number of nitrogens with zero attached hydrogens (tertiary/aromatic N) is 1. The number of aliphatic carboxylic acids is 1. The van der Waals surface area contributed by atoms with Crippen molar-refractivity contribution in [1.82, 2.24) is 15.5 Å². The van der Waals surface area contributed by atoms with Gasteiger partial charge in [-0.25, -0.2) is 0 Å². The first-order chi connectivity index (χ1) is 12.6. The van der Waals surface area contributed by atoms with Crippen molar-refractivity contribution in [3.63, 3.8) is 0 Å². The molecule has 7 nitrogen and oxygen atoms in total. The molecule has 0 atom stereocenters. The predicted octanol–water partition coefficient (Wildman–Crippen LogP) is 2.85. The van der Waals surface area contributed by atoms with Crippen molar-refractivity contribution in [3.05, 3.63) is 36.0 Å². The van der Waals surface area contributed by atoms with E-state index in [2.05, 4.69) is 15.5 Å². The minimum atomic E-state index is -0.863. The molecule has 138 valence electrons. The lowest BCUT2D eigenvalue weighted by Crippen LogP contribution is -2.44. The fourth-order valence-corrected chi connectivity index (χ4v) is 3.48. The molecule has 1 heterocycles. The zero-order chi connectivity index (χ0) is 18.6. The van der Waals surface area contributed by atoms with Gasteiger partial charge in [0.05, 0.1) is 30.0 Å². The minimum Gasteiger partial charge on any atom is -0.497 e. The van der Waals surface area contributed by atoms with Crippen LogP contribution in [0.1, 0.15) is 42.5 Å². The number of aromatic amines is 1. The molecule has 3 rings (SSSR count). The van der Waals surface area contributed by atoms with Crippen molar-refractivity contribution in [2.45, 2.75) is 32.1 Å². The summed E-state index contributed by atoms with van der Waals surface area (Å²) in [5.41, 5.74) is 0.932. The fourth-order valence-electron chi connectivity index (χ4n) is 3.48. The molecule has 0 saturated heterocycles. The van der Waals surface area contributed by atoms with Crippen LogP contribution in [-0.4, -0.2) is 40.8 Å². The van der Waals surface area contributed by atoms with E-state index in [9.17, 15) is 14.7 Å². The number of rotatable bonds is 6. The number of methoxy groups -OCH3 is 1. The molecule has 1 aliphatic rings. The Balaban J connectivity index is 1.74. The van der Waals surface area contributed by atoms with Gasteiger partial charge in [-0.1, -0.05) is 19.3 Å². The number of nitrogens with one attached hydrogen (secondary N) is 2. The molecule has 1 amide bonds. The van der Waals surface area contributed by atoms with Gasteiger partial charge in [-0.05, 0) is 37.1 Å². The summed E-state index contributed by atoms with van der Waals surface area (Å²) in [5, 5.41) is 19.3. The van der Waals surface area contributed by atoms with Crippen LogP contribution in [0.4, 0.5) is 0 Å². The molecule has 1 aliphatic carbocycles. The third-order valence-corrected chi connectivity index (χ3v) is 5.11. The summed E-state index contributed by atoms with van der Waals surface area (Å²) >= 11 is 0. The molecule has 1 aromatic heterocycles. The highest BCUT2D eigenvalue weighted by Gasteiger charge is 2.40. The molecule has 3 N–H and O–H groups in total. The Bertz CT molecular complexity index is 776. The van der Waals surface area contributed by atoms with E-state index in [0.717, 1.165) is 30.6 Å². The summed E-state index contributed by atoms with van der Waals surface area (Å²) in [6.07, 6.45) is 5.46. The van der Waals surface area contributed by atoms with E-state index in [4.69, 9.17) is 4.74 Å². The van der Waals surface area contributed by atoms with E-state index in [1.807, 2.05) is 12.1 Å². The van der Waals surface area contributed by atoms with Gasteiger partial charge in [0.15, 0.2) is 0 Å². The maximum atomic E-state index is 12.6. The van der Waals surface area contributed by atoms with E-state index >= 15 is 0 Å². The molecule has 0 aliphatic heterocycles. The van der Waals surface area contributed by atoms with Gasteiger partial charge in [0.1, 0.15) is 5.75 Å². The quantitative estimate of drug-likeness (QED) is 0.737. The Morgan fingerprint density at radius 2 is 1.92 bits per heavy atom. The third-order valence-electron chi connectivity index (χ3n) is 5.11. The summed E-state index contributed by atoms with van der Waals surface area (Å²) in [4.78, 5) is 24.4. The van der Waals surface area contributed by atoms with Gasteiger partial charge in [0, 0.05) is 12.1 Å². The van der Waals surface area contributed by atoms with E-state index in [1.165, 1.54) is 6.20 Å². The van der Waals surface area contributed by atoms with Crippen LogP contribution >= 0.6 is 0 Å². The predicted molar refractivity (Wildman–Crippen MR) is 96.1 cm³/mol. The first-order valence-corrected chi connectivity index (χ1v) is 8.75. The van der Waals surface area contributed by atoms with Crippen molar-refractivity contribution in [2.75, 3.05) is 13.7 Å². The van der Waals surface area contributed by atoms with Gasteiger partial charge in [-0.3, -0.25) is 14.7 Å².